The summed E-state index contributed by atoms with van der Waals surface area (Å²) in [5.74, 6) is -0.154. The zero-order valence-electron chi connectivity index (χ0n) is 16.1. The lowest BCUT2D eigenvalue weighted by atomic mass is 10.1. The topological polar surface area (TPSA) is 49.4 Å². The number of rotatable bonds is 8. The summed E-state index contributed by atoms with van der Waals surface area (Å²) in [6.07, 6.45) is 0. The number of hydrogen-bond acceptors (Lipinski definition) is 3. The molecule has 2 aromatic rings. The van der Waals surface area contributed by atoms with Crippen molar-refractivity contribution in [3.8, 4) is 0 Å². The molecule has 0 saturated carbocycles. The molecule has 0 heterocycles. The zero-order valence-corrected chi connectivity index (χ0v) is 18.4. The van der Waals surface area contributed by atoms with Gasteiger partial charge in [0.05, 0.1) is 5.75 Å². The third-order valence-electron chi connectivity index (χ3n) is 4.09. The molecule has 0 aliphatic heterocycles. The molecule has 2 amide bonds. The Morgan fingerprint density at radius 1 is 1.00 bits per heavy atom. The molecule has 0 fully saturated rings. The average Bonchev–Trinajstić information content (AvgIpc) is 2.65. The van der Waals surface area contributed by atoms with Crippen LogP contribution in [0.3, 0.4) is 0 Å². The summed E-state index contributed by atoms with van der Waals surface area (Å²) in [5, 5.41) is 3.80. The van der Waals surface area contributed by atoms with Gasteiger partial charge < -0.3 is 10.2 Å². The van der Waals surface area contributed by atoms with Gasteiger partial charge in [0.25, 0.3) is 0 Å². The van der Waals surface area contributed by atoms with Crippen molar-refractivity contribution >= 4 is 46.8 Å². The number of halogens is 2. The maximum Gasteiger partial charge on any atom is 0.242 e. The summed E-state index contributed by atoms with van der Waals surface area (Å²) in [6.45, 7) is 5.65. The van der Waals surface area contributed by atoms with E-state index in [2.05, 4.69) is 5.32 Å². The average molecular weight is 439 g/mol. The van der Waals surface area contributed by atoms with Crippen LogP contribution in [0.25, 0.3) is 0 Å². The van der Waals surface area contributed by atoms with Gasteiger partial charge in [-0.3, -0.25) is 9.59 Å². The second kappa shape index (κ2) is 10.7. The summed E-state index contributed by atoms with van der Waals surface area (Å²) in [6, 6.07) is 14.2. The van der Waals surface area contributed by atoms with E-state index in [1.54, 1.807) is 25.1 Å². The van der Waals surface area contributed by atoms with E-state index in [0.29, 0.717) is 15.6 Å². The third-order valence-corrected chi connectivity index (χ3v) is 5.80. The molecule has 4 nitrogen and oxygen atoms in total. The number of carbonyl (C=O) groups excluding carboxylic acids is 2. The van der Waals surface area contributed by atoms with Gasteiger partial charge in [-0.15, -0.1) is 11.8 Å². The van der Waals surface area contributed by atoms with E-state index in [9.17, 15) is 9.59 Å². The molecule has 0 aliphatic rings. The van der Waals surface area contributed by atoms with Gasteiger partial charge in [-0.1, -0.05) is 47.5 Å². The van der Waals surface area contributed by atoms with E-state index >= 15 is 0 Å². The van der Waals surface area contributed by atoms with Crippen molar-refractivity contribution in [2.75, 3.05) is 5.75 Å². The second-order valence-electron chi connectivity index (χ2n) is 6.66. The Bertz CT molecular complexity index is 795. The van der Waals surface area contributed by atoms with Crippen molar-refractivity contribution in [3.05, 3.63) is 64.1 Å². The molecule has 0 spiro atoms. The highest BCUT2D eigenvalue weighted by atomic mass is 35.5. The van der Waals surface area contributed by atoms with Crippen LogP contribution in [0.2, 0.25) is 10.0 Å². The summed E-state index contributed by atoms with van der Waals surface area (Å²) in [5.41, 5.74) is 0.632. The van der Waals surface area contributed by atoms with Crippen molar-refractivity contribution in [1.82, 2.24) is 10.2 Å². The highest BCUT2D eigenvalue weighted by molar-refractivity contribution is 8.00. The molecule has 1 atom stereocenters. The van der Waals surface area contributed by atoms with Crippen LogP contribution >= 0.6 is 35.0 Å². The Morgan fingerprint density at radius 2 is 1.61 bits per heavy atom. The summed E-state index contributed by atoms with van der Waals surface area (Å²) in [4.78, 5) is 28.1. The molecular formula is C21H24Cl2N2O2S. The van der Waals surface area contributed by atoms with Crippen LogP contribution in [0.5, 0.6) is 0 Å². The molecule has 7 heteroatoms. The fraction of sp³-hybridized carbons (Fsp3) is 0.333. The van der Waals surface area contributed by atoms with E-state index in [0.717, 1.165) is 4.90 Å². The molecule has 2 rings (SSSR count). The molecule has 2 aromatic carbocycles. The molecule has 28 heavy (non-hydrogen) atoms. The first-order valence-electron chi connectivity index (χ1n) is 9.00. The first kappa shape index (κ1) is 22.6. The van der Waals surface area contributed by atoms with Gasteiger partial charge in [-0.25, -0.2) is 0 Å². The van der Waals surface area contributed by atoms with Crippen molar-refractivity contribution < 1.29 is 9.59 Å². The van der Waals surface area contributed by atoms with Gasteiger partial charge in [0, 0.05) is 33.1 Å². The minimum atomic E-state index is -0.654. The van der Waals surface area contributed by atoms with E-state index < -0.39 is 6.04 Å². The molecule has 0 saturated heterocycles. The van der Waals surface area contributed by atoms with E-state index in [-0.39, 0.29) is 30.2 Å². The predicted molar refractivity (Wildman–Crippen MR) is 117 cm³/mol. The molecule has 150 valence electrons. The number of nitrogens with zero attached hydrogens (tertiary/aromatic N) is 1. The summed E-state index contributed by atoms with van der Waals surface area (Å²) >= 11 is 14.0. The number of benzene rings is 2. The van der Waals surface area contributed by atoms with Crippen molar-refractivity contribution in [1.29, 1.82) is 0 Å². The van der Waals surface area contributed by atoms with E-state index in [1.807, 2.05) is 44.2 Å². The predicted octanol–water partition coefficient (Wildman–Crippen LogP) is 5.03. The first-order valence-corrected chi connectivity index (χ1v) is 10.7. The lowest BCUT2D eigenvalue weighted by Gasteiger charge is -2.30. The minimum Gasteiger partial charge on any atom is -0.352 e. The quantitative estimate of drug-likeness (QED) is 0.587. The SMILES string of the molecule is CC(C)NC(=O)[C@H](C)N(Cc1c(Cl)cccc1Cl)C(=O)CSc1ccccc1. The van der Waals surface area contributed by atoms with Crippen LogP contribution in [0.1, 0.15) is 26.3 Å². The maximum absolute atomic E-state index is 13.0. The first-order chi connectivity index (χ1) is 13.3. The number of hydrogen-bond donors (Lipinski definition) is 1. The lowest BCUT2D eigenvalue weighted by Crippen LogP contribution is -2.49. The Kier molecular flexibility index (Phi) is 8.67. The van der Waals surface area contributed by atoms with E-state index in [4.69, 9.17) is 23.2 Å². The molecule has 0 radical (unpaired) electrons. The van der Waals surface area contributed by atoms with Crippen LogP contribution < -0.4 is 5.32 Å². The van der Waals surface area contributed by atoms with Crippen molar-refractivity contribution in [2.24, 2.45) is 0 Å². The normalized spacial score (nSPS) is 11.9. The number of nitrogens with one attached hydrogen (secondary N) is 1. The van der Waals surface area contributed by atoms with Gasteiger partial charge in [0.15, 0.2) is 0 Å². The standard InChI is InChI=1S/C21H24Cl2N2O2S/c1-14(2)24-21(27)15(3)25(12-17-18(22)10-7-11-19(17)23)20(26)13-28-16-8-5-4-6-9-16/h4-11,14-15H,12-13H2,1-3H3,(H,24,27)/t15-/m0/s1. The number of thioether (sulfide) groups is 1. The highest BCUT2D eigenvalue weighted by Crippen LogP contribution is 2.27. The van der Waals surface area contributed by atoms with Crippen molar-refractivity contribution in [3.63, 3.8) is 0 Å². The Balaban J connectivity index is 2.21. The summed E-state index contributed by atoms with van der Waals surface area (Å²) in [7, 11) is 0. The van der Waals surface area contributed by atoms with Crippen LogP contribution in [0.4, 0.5) is 0 Å². The Hall–Kier alpha value is -1.69. The highest BCUT2D eigenvalue weighted by Gasteiger charge is 2.27. The second-order valence-corrected chi connectivity index (χ2v) is 8.53. The minimum absolute atomic E-state index is 0.0190. The van der Waals surface area contributed by atoms with Gasteiger partial charge in [-0.2, -0.15) is 0 Å². The van der Waals surface area contributed by atoms with Crippen LogP contribution in [-0.2, 0) is 16.1 Å². The molecule has 1 N–H and O–H groups in total. The molecule has 0 aliphatic carbocycles. The maximum atomic E-state index is 13.0. The molecule has 0 unspecified atom stereocenters. The molecule has 0 bridgehead atoms. The zero-order chi connectivity index (χ0) is 20.7. The van der Waals surface area contributed by atoms with Gasteiger partial charge in [0.2, 0.25) is 11.8 Å². The third kappa shape index (κ3) is 6.43. The Labute approximate surface area is 180 Å². The smallest absolute Gasteiger partial charge is 0.242 e. The molecule has 0 aromatic heterocycles. The fourth-order valence-electron chi connectivity index (χ4n) is 2.59. The van der Waals surface area contributed by atoms with Gasteiger partial charge in [-0.05, 0) is 45.0 Å². The monoisotopic (exact) mass is 438 g/mol. The lowest BCUT2D eigenvalue weighted by molar-refractivity contribution is -0.138. The van der Waals surface area contributed by atoms with Crippen molar-refractivity contribution in [2.45, 2.75) is 44.3 Å². The molecular weight excluding hydrogens is 415 g/mol. The van der Waals surface area contributed by atoms with E-state index in [1.165, 1.54) is 16.7 Å². The van der Waals surface area contributed by atoms with Gasteiger partial charge >= 0.3 is 0 Å². The van der Waals surface area contributed by atoms with Gasteiger partial charge in [0.1, 0.15) is 6.04 Å². The van der Waals surface area contributed by atoms with Crippen LogP contribution in [0.15, 0.2) is 53.4 Å². The van der Waals surface area contributed by atoms with Crippen LogP contribution in [-0.4, -0.2) is 34.6 Å². The largest absolute Gasteiger partial charge is 0.352 e. The number of amides is 2. The summed E-state index contributed by atoms with van der Waals surface area (Å²) < 4.78 is 0. The van der Waals surface area contributed by atoms with Crippen LogP contribution in [0, 0.1) is 0 Å². The fourth-order valence-corrected chi connectivity index (χ4v) is 3.91. The number of carbonyl (C=O) groups is 2. The Morgan fingerprint density at radius 3 is 2.18 bits per heavy atom.